The molecule has 6 aromatic carbocycles. The zero-order chi connectivity index (χ0) is 82.1. The molecule has 1 saturated heterocycles. The highest BCUT2D eigenvalue weighted by atomic mass is 16.7. The van der Waals surface area contributed by atoms with Crippen molar-refractivity contribution in [1.29, 1.82) is 0 Å². The van der Waals surface area contributed by atoms with E-state index in [-0.39, 0.29) is 65.0 Å². The van der Waals surface area contributed by atoms with Crippen LogP contribution in [-0.2, 0) is 28.8 Å². The fourth-order valence-electron chi connectivity index (χ4n) is 14.8. The number of cyclic esters (lactones) is 1. The van der Waals surface area contributed by atoms with E-state index < -0.39 is 23.4 Å². The number of aliphatic hydroxyl groups excluding tert-OH is 2. The van der Waals surface area contributed by atoms with Crippen molar-refractivity contribution in [1.82, 2.24) is 4.98 Å². The van der Waals surface area contributed by atoms with Crippen LogP contribution >= 0.6 is 0 Å². The Morgan fingerprint density at radius 2 is 1.27 bits per heavy atom. The maximum atomic E-state index is 13.7. The van der Waals surface area contributed by atoms with Crippen molar-refractivity contribution in [3.05, 3.63) is 251 Å². The van der Waals surface area contributed by atoms with Crippen LogP contribution in [0.4, 0.5) is 0 Å². The largest absolute Gasteiger partial charge is 0.511 e. The minimum atomic E-state index is -1.25. The third-order valence-electron chi connectivity index (χ3n) is 20.7. The first kappa shape index (κ1) is 80.5. The molecular formula is C92H93NO22. The van der Waals surface area contributed by atoms with E-state index in [2.05, 4.69) is 24.7 Å². The summed E-state index contributed by atoms with van der Waals surface area (Å²) in [7, 11) is 7.98. The number of methoxy groups -OCH3 is 5. The molecule has 115 heavy (non-hydrogen) atoms. The third-order valence-corrected chi connectivity index (χ3v) is 20.7. The topological polar surface area (TPSA) is 298 Å². The normalized spacial score (nSPS) is 17.0. The maximum absolute atomic E-state index is 13.7. The van der Waals surface area contributed by atoms with Gasteiger partial charge < -0.3 is 95.5 Å². The lowest BCUT2D eigenvalue weighted by Crippen LogP contribution is -2.40. The first-order chi connectivity index (χ1) is 55.0. The number of hydrogen-bond donors (Lipinski definition) is 5. The number of allylic oxidation sites excluding steroid dienone is 4. The van der Waals surface area contributed by atoms with Gasteiger partial charge in [0.1, 0.15) is 97.8 Å². The van der Waals surface area contributed by atoms with Crippen LogP contribution in [0, 0.1) is 28.4 Å². The maximum Gasteiger partial charge on any atom is 0.310 e. The summed E-state index contributed by atoms with van der Waals surface area (Å²) < 4.78 is 83.6. The number of carbonyl (C=O) groups excluding carboxylic acids is 1. The highest BCUT2D eigenvalue weighted by Gasteiger charge is 2.49. The average Bonchev–Trinajstić information content (AvgIpc) is 1.64. The van der Waals surface area contributed by atoms with Gasteiger partial charge in [-0.05, 0) is 156 Å². The van der Waals surface area contributed by atoms with E-state index in [9.17, 15) is 34.8 Å². The molecule has 8 aliphatic rings. The van der Waals surface area contributed by atoms with Crippen molar-refractivity contribution < 1.29 is 95.3 Å². The summed E-state index contributed by atoms with van der Waals surface area (Å²) in [5.41, 5.74) is 9.03. The standard InChI is InChI=1S/C25H26O5.C22H22O7.C17H18O5.C15H17NO2.C13H10O3/c1-13(2)21(26)20-22(27)19-16(15-9-7-6-8-10-15)11-14(3)29-23(19)17-12-18(25(4,5)28)30-24(17)20;1-24-17-6-12(7-18(25-2)21(17)26-3)19-14-8-16-15(28-10-29-16)5-11(14)4-13-9-27-22(23)20(13)19;1-10-4-5-11-14(22-10)8-13-12(6-7-20-13)16(11)21-9-15(18)17(2,3)19;1-10(2)8-9-12-14(18-3)11-6-4-5-7-13(11)16-15(12)17;1-8-3-4-9-12(16-8)7-11-10(5-6-15-11)13(9)14-2/h6-11,13,18,26,28H,3,12H2,1-2,4-5H3;5-8,13,19-20H,4,9-10H2,1-3H3;4-8,15,18-19H,1,9H2,2-3H3;4-8H,9H2,1-3H3,(H,16,17);3-7H,1H2,2H3. The van der Waals surface area contributed by atoms with Crippen LogP contribution in [0.5, 0.6) is 63.2 Å². The Balaban J connectivity index is 0.000000128. The monoisotopic (exact) mass is 1560 g/mol. The number of hydrogen-bond acceptors (Lipinski definition) is 22. The van der Waals surface area contributed by atoms with Gasteiger partial charge in [-0.15, -0.1) is 0 Å². The second-order valence-electron chi connectivity index (χ2n) is 30.1. The van der Waals surface area contributed by atoms with E-state index in [1.54, 1.807) is 86.2 Å². The number of aromatic nitrogens is 1. The SMILES string of the molecule is C=C1C=Cc2c(cc3occc3c2OC)O1.C=C1C=Cc2c(cc3occc3c2OCC(O)C(C)(C)O)O1.C=c1cc(-c2ccccc2)c2c(=O)c(=C(O)C(C)C)c3c(c=2o1)CC(C(C)(C)O)O3.COc1c(CC=C(C)C)c(=O)[nH]c2ccccc12.COc1cc(C2c3cc4c(cc3CC3COC(=O)C32)OCO4)cc(OC)c1OC. The molecule has 5 unspecified atom stereocenters. The second-order valence-corrected chi connectivity index (χ2v) is 30.1. The zero-order valence-corrected chi connectivity index (χ0v) is 66.4. The van der Waals surface area contributed by atoms with Gasteiger partial charge in [-0.2, -0.15) is 0 Å². The van der Waals surface area contributed by atoms with Crippen molar-refractivity contribution in [2.45, 2.75) is 104 Å². The number of aliphatic hydroxyl groups is 4. The van der Waals surface area contributed by atoms with Crippen LogP contribution in [0.3, 0.4) is 0 Å². The number of rotatable bonds is 15. The van der Waals surface area contributed by atoms with E-state index in [0.717, 1.165) is 78.6 Å². The van der Waals surface area contributed by atoms with Crippen molar-refractivity contribution in [2.75, 3.05) is 55.6 Å². The predicted octanol–water partition coefficient (Wildman–Crippen LogP) is 15.0. The first-order valence-corrected chi connectivity index (χ1v) is 37.5. The van der Waals surface area contributed by atoms with Crippen LogP contribution in [0.25, 0.3) is 68.5 Å². The summed E-state index contributed by atoms with van der Waals surface area (Å²) in [5, 5.41) is 44.3. The summed E-state index contributed by atoms with van der Waals surface area (Å²) in [6.45, 7) is 26.1. The molecule has 0 saturated carbocycles. The molecule has 0 radical (unpaired) electrons. The molecule has 1 fully saturated rings. The lowest BCUT2D eigenvalue weighted by Gasteiger charge is -2.34. The molecule has 6 aliphatic heterocycles. The second kappa shape index (κ2) is 33.2. The molecule has 5 atom stereocenters. The van der Waals surface area contributed by atoms with E-state index >= 15 is 0 Å². The molecule has 0 bridgehead atoms. The number of furan rings is 2. The molecule has 9 aromatic rings. The number of para-hydroxylation sites is 1. The minimum Gasteiger partial charge on any atom is -0.511 e. The van der Waals surface area contributed by atoms with Gasteiger partial charge >= 0.3 is 5.97 Å². The first-order valence-electron chi connectivity index (χ1n) is 37.5. The van der Waals surface area contributed by atoms with Crippen molar-refractivity contribution in [3.8, 4) is 74.4 Å². The molecule has 598 valence electrons. The van der Waals surface area contributed by atoms with Crippen LogP contribution in [0.2, 0.25) is 0 Å². The van der Waals surface area contributed by atoms with Gasteiger partial charge in [0.05, 0.1) is 110 Å². The highest BCUT2D eigenvalue weighted by molar-refractivity contribution is 5.93. The Morgan fingerprint density at radius 3 is 1.86 bits per heavy atom. The smallest absolute Gasteiger partial charge is 0.310 e. The van der Waals surface area contributed by atoms with Crippen LogP contribution in [0.1, 0.15) is 100 Å². The van der Waals surface area contributed by atoms with Gasteiger partial charge in [0.2, 0.25) is 18.0 Å². The molecule has 9 heterocycles. The molecule has 5 N–H and O–H groups in total. The number of benzene rings is 6. The summed E-state index contributed by atoms with van der Waals surface area (Å²) in [4.78, 5) is 41.3. The van der Waals surface area contributed by atoms with E-state index in [1.165, 1.54) is 19.4 Å². The Labute approximate surface area is 663 Å². The number of fused-ring (bicyclic) bond motifs is 10. The van der Waals surface area contributed by atoms with Gasteiger partial charge in [0, 0.05) is 52.8 Å². The van der Waals surface area contributed by atoms with Gasteiger partial charge in [0.25, 0.3) is 5.56 Å². The minimum absolute atomic E-state index is 0.0349. The lowest BCUT2D eigenvalue weighted by molar-refractivity contribution is -0.141. The third kappa shape index (κ3) is 16.4. The number of aromatic amines is 1. The summed E-state index contributed by atoms with van der Waals surface area (Å²) in [5.74, 6) is 6.95. The number of carbonyl (C=O) groups is 1. The van der Waals surface area contributed by atoms with Crippen molar-refractivity contribution >= 4 is 63.3 Å². The quantitative estimate of drug-likeness (QED) is 0.0470. The van der Waals surface area contributed by atoms with Crippen molar-refractivity contribution in [2.24, 2.45) is 17.8 Å². The lowest BCUT2D eigenvalue weighted by atomic mass is 9.67. The van der Waals surface area contributed by atoms with Gasteiger partial charge in [-0.3, -0.25) is 14.4 Å². The summed E-state index contributed by atoms with van der Waals surface area (Å²) in [6.07, 6.45) is 12.7. The van der Waals surface area contributed by atoms with Gasteiger partial charge in [0.15, 0.2) is 23.0 Å². The predicted molar refractivity (Wildman–Crippen MR) is 437 cm³/mol. The molecule has 23 heteroatoms. The number of esters is 1. The summed E-state index contributed by atoms with van der Waals surface area (Å²) >= 11 is 0. The fourth-order valence-corrected chi connectivity index (χ4v) is 14.8. The Bertz CT molecular complexity index is 5970. The zero-order valence-electron chi connectivity index (χ0n) is 66.4. The van der Waals surface area contributed by atoms with Crippen LogP contribution in [0.15, 0.2) is 193 Å². The van der Waals surface area contributed by atoms with Gasteiger partial charge in [-0.25, -0.2) is 0 Å². The molecule has 0 amide bonds. The van der Waals surface area contributed by atoms with Gasteiger partial charge in [-0.1, -0.05) is 87.7 Å². The Kier molecular flexibility index (Phi) is 23.3. The fraction of sp³-hybridized carbons (Fsp3) is 0.293. The van der Waals surface area contributed by atoms with E-state index in [1.807, 2.05) is 143 Å². The number of ether oxygens (including phenoxy) is 12. The molecule has 0 spiro atoms. The van der Waals surface area contributed by atoms with Crippen molar-refractivity contribution in [3.63, 3.8) is 0 Å². The molecule has 17 rings (SSSR count). The molecule has 2 aliphatic carbocycles. The van der Waals surface area contributed by atoms with Crippen LogP contribution < -0.4 is 73.7 Å². The molecule has 23 nitrogen and oxygen atoms in total. The Hall–Kier alpha value is -12.6. The highest BCUT2D eigenvalue weighted by Crippen LogP contribution is 2.53. The van der Waals surface area contributed by atoms with Crippen LogP contribution in [-0.4, -0.2) is 110 Å². The average molecular weight is 1560 g/mol. The summed E-state index contributed by atoms with van der Waals surface area (Å²) in [6, 6.07) is 34.1. The van der Waals surface area contributed by atoms with E-state index in [0.29, 0.717) is 121 Å². The Morgan fingerprint density at radius 1 is 0.670 bits per heavy atom. The van der Waals surface area contributed by atoms with E-state index in [4.69, 9.17) is 70.1 Å². The molecule has 3 aromatic heterocycles. The molecular weight excluding hydrogens is 1470 g/mol. The number of nitrogens with one attached hydrogen (secondary N) is 1. The number of pyridine rings is 1. The number of H-pyrrole nitrogens is 1.